The lowest BCUT2D eigenvalue weighted by Crippen LogP contribution is -2.40. The number of hydrogen-bond acceptors (Lipinski definition) is 3. The molecule has 5 heteroatoms. The van der Waals surface area contributed by atoms with Gasteiger partial charge in [-0.2, -0.15) is 0 Å². The van der Waals surface area contributed by atoms with E-state index < -0.39 is 0 Å². The molecule has 1 aliphatic heterocycles. The lowest BCUT2D eigenvalue weighted by Gasteiger charge is -2.26. The van der Waals surface area contributed by atoms with Crippen molar-refractivity contribution in [3.05, 3.63) is 65.0 Å². The second-order valence-electron chi connectivity index (χ2n) is 9.40. The number of carbonyl (C=O) groups is 2. The lowest BCUT2D eigenvalue weighted by molar-refractivity contribution is -0.121. The van der Waals surface area contributed by atoms with Crippen molar-refractivity contribution >= 4 is 11.7 Å². The summed E-state index contributed by atoms with van der Waals surface area (Å²) in [5, 5.41) is 0. The zero-order valence-corrected chi connectivity index (χ0v) is 19.0. The predicted molar refractivity (Wildman–Crippen MR) is 123 cm³/mol. The van der Waals surface area contributed by atoms with Crippen LogP contribution in [0.2, 0.25) is 0 Å². The molecule has 1 saturated carbocycles. The summed E-state index contributed by atoms with van der Waals surface area (Å²) >= 11 is 0. The maximum absolute atomic E-state index is 13.7. The fourth-order valence-corrected chi connectivity index (χ4v) is 5.30. The molecule has 0 radical (unpaired) electrons. The Bertz CT molecular complexity index is 971. The molecule has 1 unspecified atom stereocenters. The average Bonchev–Trinajstić information content (AvgIpc) is 3.27. The van der Waals surface area contributed by atoms with Crippen LogP contribution in [0.3, 0.4) is 0 Å². The SMILES string of the molecule is COc1cc([C@@H](C)CC2CC[C@H](c3ccc(C(=O)N4CCCC(=O)C4)cc3)C2)ccc1F. The van der Waals surface area contributed by atoms with Crippen molar-refractivity contribution in [3.63, 3.8) is 0 Å². The fraction of sp³-hybridized carbons (Fsp3) is 0.481. The molecule has 4 rings (SSSR count). The maximum Gasteiger partial charge on any atom is 0.254 e. The van der Waals surface area contributed by atoms with Crippen molar-refractivity contribution in [2.75, 3.05) is 20.2 Å². The van der Waals surface area contributed by atoms with Crippen LogP contribution in [0, 0.1) is 11.7 Å². The highest BCUT2D eigenvalue weighted by Gasteiger charge is 2.28. The number of methoxy groups -OCH3 is 1. The van der Waals surface area contributed by atoms with Gasteiger partial charge in [-0.15, -0.1) is 0 Å². The number of likely N-dealkylation sites (tertiary alicyclic amines) is 1. The van der Waals surface area contributed by atoms with Crippen LogP contribution >= 0.6 is 0 Å². The molecule has 0 bridgehead atoms. The fourth-order valence-electron chi connectivity index (χ4n) is 5.30. The van der Waals surface area contributed by atoms with Gasteiger partial charge in [0.2, 0.25) is 0 Å². The Morgan fingerprint density at radius 2 is 1.97 bits per heavy atom. The highest BCUT2D eigenvalue weighted by Crippen LogP contribution is 2.42. The van der Waals surface area contributed by atoms with Crippen molar-refractivity contribution < 1.29 is 18.7 Å². The molecule has 1 saturated heterocycles. The molecular weight excluding hydrogens is 405 g/mol. The van der Waals surface area contributed by atoms with Gasteiger partial charge < -0.3 is 9.64 Å². The summed E-state index contributed by atoms with van der Waals surface area (Å²) in [7, 11) is 1.50. The lowest BCUT2D eigenvalue weighted by atomic mass is 9.88. The van der Waals surface area contributed by atoms with Crippen LogP contribution in [-0.4, -0.2) is 36.8 Å². The number of ketones is 1. The number of Topliss-reactive ketones (excluding diaryl/α,β-unsaturated/α-hetero) is 1. The highest BCUT2D eigenvalue weighted by molar-refractivity contribution is 5.97. The van der Waals surface area contributed by atoms with Gasteiger partial charge in [-0.05, 0) is 85.3 Å². The summed E-state index contributed by atoms with van der Waals surface area (Å²) in [6.45, 7) is 3.10. The third kappa shape index (κ3) is 5.03. The number of benzene rings is 2. The molecule has 1 amide bonds. The Balaban J connectivity index is 1.34. The van der Waals surface area contributed by atoms with E-state index in [9.17, 15) is 14.0 Å². The van der Waals surface area contributed by atoms with Crippen LogP contribution in [0.5, 0.6) is 5.75 Å². The standard InChI is InChI=1S/C27H32FNO3/c1-18(22-11-12-25(28)26(16-22)32-2)14-19-5-6-23(15-19)20-7-9-21(10-8-20)27(31)29-13-3-4-24(30)17-29/h7-12,16,18-19,23H,3-6,13-15,17H2,1-2H3/t18-,19?,23-/m0/s1. The Morgan fingerprint density at radius 1 is 1.19 bits per heavy atom. The van der Waals surface area contributed by atoms with E-state index in [1.165, 1.54) is 25.2 Å². The molecule has 2 fully saturated rings. The van der Waals surface area contributed by atoms with Gasteiger partial charge in [-0.3, -0.25) is 9.59 Å². The van der Waals surface area contributed by atoms with Gasteiger partial charge in [0.05, 0.1) is 13.7 Å². The Kier molecular flexibility index (Phi) is 6.92. The first kappa shape index (κ1) is 22.5. The van der Waals surface area contributed by atoms with Crippen LogP contribution in [0.4, 0.5) is 4.39 Å². The van der Waals surface area contributed by atoms with Gasteiger partial charge in [0.25, 0.3) is 5.91 Å². The summed E-state index contributed by atoms with van der Waals surface area (Å²) in [6, 6.07) is 13.2. The molecule has 0 N–H and O–H groups in total. The number of ether oxygens (including phenoxy) is 1. The first-order chi connectivity index (χ1) is 15.4. The third-order valence-electron chi connectivity index (χ3n) is 7.14. The number of nitrogens with zero attached hydrogens (tertiary/aromatic N) is 1. The van der Waals surface area contributed by atoms with Gasteiger partial charge in [-0.25, -0.2) is 4.39 Å². The molecule has 170 valence electrons. The minimum absolute atomic E-state index is 0.0440. The minimum atomic E-state index is -0.321. The van der Waals surface area contributed by atoms with Gasteiger partial charge in [0.15, 0.2) is 17.3 Å². The number of carbonyl (C=O) groups excluding carboxylic acids is 2. The first-order valence-electron chi connectivity index (χ1n) is 11.7. The summed E-state index contributed by atoms with van der Waals surface area (Å²) in [5.74, 6) is 1.58. The monoisotopic (exact) mass is 437 g/mol. The third-order valence-corrected chi connectivity index (χ3v) is 7.14. The molecular formula is C27H32FNO3. The summed E-state index contributed by atoms with van der Waals surface area (Å²) in [6.07, 6.45) is 5.89. The van der Waals surface area contributed by atoms with E-state index in [1.807, 2.05) is 24.3 Å². The molecule has 2 aliphatic rings. The molecule has 1 heterocycles. The zero-order chi connectivity index (χ0) is 22.7. The smallest absolute Gasteiger partial charge is 0.254 e. The molecule has 4 nitrogen and oxygen atoms in total. The van der Waals surface area contributed by atoms with Gasteiger partial charge in [-0.1, -0.05) is 25.1 Å². The minimum Gasteiger partial charge on any atom is -0.494 e. The van der Waals surface area contributed by atoms with Crippen molar-refractivity contribution in [1.29, 1.82) is 0 Å². The summed E-state index contributed by atoms with van der Waals surface area (Å²) in [4.78, 5) is 26.0. The van der Waals surface area contributed by atoms with E-state index in [-0.39, 0.29) is 24.1 Å². The molecule has 32 heavy (non-hydrogen) atoms. The number of rotatable bonds is 6. The number of amides is 1. The molecule has 3 atom stereocenters. The van der Waals surface area contributed by atoms with Crippen LogP contribution in [0.25, 0.3) is 0 Å². The quantitative estimate of drug-likeness (QED) is 0.581. The molecule has 2 aromatic rings. The van der Waals surface area contributed by atoms with E-state index in [2.05, 4.69) is 19.1 Å². The van der Waals surface area contributed by atoms with E-state index >= 15 is 0 Å². The second kappa shape index (κ2) is 9.85. The summed E-state index contributed by atoms with van der Waals surface area (Å²) < 4.78 is 18.8. The van der Waals surface area contributed by atoms with Crippen molar-refractivity contribution in [3.8, 4) is 5.75 Å². The van der Waals surface area contributed by atoms with E-state index in [0.717, 1.165) is 31.2 Å². The van der Waals surface area contributed by atoms with Crippen LogP contribution in [0.15, 0.2) is 42.5 Å². The van der Waals surface area contributed by atoms with Gasteiger partial charge >= 0.3 is 0 Å². The van der Waals surface area contributed by atoms with Gasteiger partial charge in [0.1, 0.15) is 0 Å². The Labute approximate surface area is 189 Å². The zero-order valence-electron chi connectivity index (χ0n) is 19.0. The van der Waals surface area contributed by atoms with Crippen molar-refractivity contribution in [1.82, 2.24) is 4.90 Å². The van der Waals surface area contributed by atoms with Crippen LogP contribution < -0.4 is 4.74 Å². The second-order valence-corrected chi connectivity index (χ2v) is 9.40. The largest absolute Gasteiger partial charge is 0.494 e. The predicted octanol–water partition coefficient (Wildman–Crippen LogP) is 5.72. The highest BCUT2D eigenvalue weighted by atomic mass is 19.1. The van der Waals surface area contributed by atoms with Crippen LogP contribution in [-0.2, 0) is 4.79 Å². The Hall–Kier alpha value is -2.69. The maximum atomic E-state index is 13.7. The van der Waals surface area contributed by atoms with Crippen molar-refractivity contribution in [2.24, 2.45) is 5.92 Å². The molecule has 0 spiro atoms. The summed E-state index contributed by atoms with van der Waals surface area (Å²) in [5.41, 5.74) is 3.07. The van der Waals surface area contributed by atoms with E-state index in [1.54, 1.807) is 4.90 Å². The topological polar surface area (TPSA) is 46.6 Å². The average molecular weight is 438 g/mol. The Morgan fingerprint density at radius 3 is 2.69 bits per heavy atom. The van der Waals surface area contributed by atoms with Crippen molar-refractivity contribution in [2.45, 2.75) is 57.3 Å². The first-order valence-corrected chi connectivity index (χ1v) is 11.7. The molecule has 1 aliphatic carbocycles. The number of halogens is 1. The number of hydrogen-bond donors (Lipinski definition) is 0. The van der Waals surface area contributed by atoms with Gasteiger partial charge in [0, 0.05) is 18.5 Å². The van der Waals surface area contributed by atoms with E-state index in [4.69, 9.17) is 4.74 Å². The van der Waals surface area contributed by atoms with Crippen LogP contribution in [0.1, 0.15) is 78.8 Å². The molecule has 0 aromatic heterocycles. The van der Waals surface area contributed by atoms with E-state index in [0.29, 0.717) is 42.0 Å². The normalized spacial score (nSPS) is 22.1. The number of piperidine rings is 1. The molecule has 2 aromatic carbocycles.